The normalized spacial score (nSPS) is 18.0. The highest BCUT2D eigenvalue weighted by molar-refractivity contribution is 7.90. The zero-order chi connectivity index (χ0) is 24.0. The van der Waals surface area contributed by atoms with Crippen LogP contribution in [-0.2, 0) is 9.84 Å². The number of rotatable bonds is 5. The Hall–Kier alpha value is -2.85. The fraction of sp³-hybridized carbons (Fsp3) is 0.440. The number of nitrogens with zero attached hydrogens (tertiary/aromatic N) is 5. The van der Waals surface area contributed by atoms with Crippen LogP contribution in [-0.4, -0.2) is 47.9 Å². The molecule has 2 fully saturated rings. The highest BCUT2D eigenvalue weighted by Crippen LogP contribution is 2.39. The van der Waals surface area contributed by atoms with Crippen molar-refractivity contribution in [3.8, 4) is 11.1 Å². The smallest absolute Gasteiger partial charge is 0.229 e. The Morgan fingerprint density at radius 3 is 2.46 bits per heavy atom. The first-order valence-corrected chi connectivity index (χ1v) is 14.9. The first-order chi connectivity index (χ1) is 17.0. The quantitative estimate of drug-likeness (QED) is 0.362. The van der Waals surface area contributed by atoms with Gasteiger partial charge in [-0.2, -0.15) is 4.98 Å². The Labute approximate surface area is 208 Å². The Kier molecular flexibility index (Phi) is 5.80. The number of benzene rings is 1. The molecule has 4 aromatic rings. The predicted octanol–water partition coefficient (Wildman–Crippen LogP) is 5.19. The number of thiophene rings is 1. The van der Waals surface area contributed by atoms with Gasteiger partial charge in [0.1, 0.15) is 12.1 Å². The second kappa shape index (κ2) is 8.98. The minimum Gasteiger partial charge on any atom is -0.355 e. The van der Waals surface area contributed by atoms with Gasteiger partial charge in [-0.3, -0.25) is 0 Å². The van der Waals surface area contributed by atoms with Gasteiger partial charge in [-0.25, -0.2) is 18.4 Å². The Bertz CT molecular complexity index is 1450. The van der Waals surface area contributed by atoms with E-state index < -0.39 is 9.84 Å². The number of hydrogen-bond acceptors (Lipinski definition) is 9. The van der Waals surface area contributed by atoms with Crippen LogP contribution in [0.3, 0.4) is 0 Å². The van der Waals surface area contributed by atoms with Gasteiger partial charge in [0.25, 0.3) is 0 Å². The fourth-order valence-corrected chi connectivity index (χ4v) is 6.93. The third-order valence-corrected chi connectivity index (χ3v) is 9.34. The molecule has 0 radical (unpaired) electrons. The van der Waals surface area contributed by atoms with Crippen molar-refractivity contribution in [2.45, 2.75) is 55.3 Å². The number of aromatic nitrogens is 4. The molecule has 182 valence electrons. The molecule has 10 heteroatoms. The van der Waals surface area contributed by atoms with E-state index >= 15 is 0 Å². The molecule has 1 saturated heterocycles. The summed E-state index contributed by atoms with van der Waals surface area (Å²) >= 11 is 1.63. The maximum absolute atomic E-state index is 11.8. The van der Waals surface area contributed by atoms with Crippen LogP contribution < -0.4 is 4.90 Å². The van der Waals surface area contributed by atoms with Crippen LogP contribution in [0.25, 0.3) is 21.3 Å². The molecule has 4 heterocycles. The van der Waals surface area contributed by atoms with E-state index in [-0.39, 0.29) is 0 Å². The van der Waals surface area contributed by atoms with Crippen molar-refractivity contribution in [1.82, 2.24) is 20.1 Å². The van der Waals surface area contributed by atoms with Crippen molar-refractivity contribution in [1.29, 1.82) is 0 Å². The van der Waals surface area contributed by atoms with Crippen molar-refractivity contribution < 1.29 is 12.9 Å². The SMILES string of the molecule is CS(=O)(=O)c1ccc(-c2csc3c(N4CCC(c5nc(C6CCCC6)no5)CC4)ncnc23)cc1. The third kappa shape index (κ3) is 4.33. The molecule has 1 aliphatic carbocycles. The van der Waals surface area contributed by atoms with Gasteiger partial charge in [0, 0.05) is 42.1 Å². The van der Waals surface area contributed by atoms with E-state index in [1.54, 1.807) is 29.8 Å². The molecule has 2 aliphatic rings. The molecular formula is C25H27N5O3S2. The second-order valence-corrected chi connectivity index (χ2v) is 12.4. The topological polar surface area (TPSA) is 102 Å². The van der Waals surface area contributed by atoms with E-state index in [0.29, 0.717) is 16.7 Å². The molecule has 1 aliphatic heterocycles. The number of hydrogen-bond donors (Lipinski definition) is 0. The maximum atomic E-state index is 11.8. The molecule has 0 N–H and O–H groups in total. The highest BCUT2D eigenvalue weighted by atomic mass is 32.2. The van der Waals surface area contributed by atoms with Crippen LogP contribution in [0.2, 0.25) is 0 Å². The standard InChI is InChI=1S/C25H27N5O3S2/c1-35(31,32)19-8-6-16(7-9-19)20-14-34-22-21(20)26-15-27-24(22)30-12-10-18(11-13-30)25-28-23(29-33-25)17-4-2-3-5-17/h6-9,14-15,17-18H,2-5,10-13H2,1H3. The summed E-state index contributed by atoms with van der Waals surface area (Å²) in [6, 6.07) is 6.98. The summed E-state index contributed by atoms with van der Waals surface area (Å²) in [7, 11) is -3.22. The van der Waals surface area contributed by atoms with E-state index in [4.69, 9.17) is 9.51 Å². The first kappa shape index (κ1) is 22.6. The van der Waals surface area contributed by atoms with Gasteiger partial charge < -0.3 is 9.42 Å². The summed E-state index contributed by atoms with van der Waals surface area (Å²) in [6.45, 7) is 1.74. The second-order valence-electron chi connectivity index (χ2n) is 9.55. The molecule has 0 bridgehead atoms. The Morgan fingerprint density at radius 1 is 1.00 bits per heavy atom. The van der Waals surface area contributed by atoms with E-state index in [0.717, 1.165) is 64.8 Å². The summed E-state index contributed by atoms with van der Waals surface area (Å²) in [5, 5.41) is 6.37. The monoisotopic (exact) mass is 509 g/mol. The lowest BCUT2D eigenvalue weighted by atomic mass is 9.96. The molecule has 0 spiro atoms. The van der Waals surface area contributed by atoms with Crippen LogP contribution >= 0.6 is 11.3 Å². The lowest BCUT2D eigenvalue weighted by molar-refractivity contribution is 0.325. The summed E-state index contributed by atoms with van der Waals surface area (Å²) < 4.78 is 30.3. The lowest BCUT2D eigenvalue weighted by Crippen LogP contribution is -2.33. The average molecular weight is 510 g/mol. The largest absolute Gasteiger partial charge is 0.355 e. The van der Waals surface area contributed by atoms with Gasteiger partial charge >= 0.3 is 0 Å². The molecule has 1 saturated carbocycles. The molecule has 3 aromatic heterocycles. The Morgan fingerprint density at radius 2 is 1.74 bits per heavy atom. The summed E-state index contributed by atoms with van der Waals surface area (Å²) in [5.41, 5.74) is 2.84. The summed E-state index contributed by atoms with van der Waals surface area (Å²) in [6.07, 6.45) is 9.60. The molecule has 0 atom stereocenters. The van der Waals surface area contributed by atoms with Crippen LogP contribution in [0.15, 0.2) is 45.4 Å². The van der Waals surface area contributed by atoms with Gasteiger partial charge in [-0.05, 0) is 43.4 Å². The zero-order valence-corrected chi connectivity index (χ0v) is 21.2. The zero-order valence-electron chi connectivity index (χ0n) is 19.6. The van der Waals surface area contributed by atoms with Crippen molar-refractivity contribution in [3.63, 3.8) is 0 Å². The molecular weight excluding hydrogens is 482 g/mol. The van der Waals surface area contributed by atoms with E-state index in [1.807, 2.05) is 12.1 Å². The number of anilines is 1. The maximum Gasteiger partial charge on any atom is 0.229 e. The Balaban J connectivity index is 1.20. The van der Waals surface area contributed by atoms with Gasteiger partial charge in [-0.15, -0.1) is 11.3 Å². The van der Waals surface area contributed by atoms with Gasteiger partial charge in [0.15, 0.2) is 15.7 Å². The highest BCUT2D eigenvalue weighted by Gasteiger charge is 2.29. The molecule has 8 nitrogen and oxygen atoms in total. The van der Waals surface area contributed by atoms with Crippen molar-refractivity contribution in [2.75, 3.05) is 24.2 Å². The van der Waals surface area contributed by atoms with Gasteiger partial charge in [0.2, 0.25) is 5.89 Å². The van der Waals surface area contributed by atoms with E-state index in [1.165, 1.54) is 31.9 Å². The van der Waals surface area contributed by atoms with Crippen LogP contribution in [0.4, 0.5) is 5.82 Å². The summed E-state index contributed by atoms with van der Waals surface area (Å²) in [5.74, 6) is 3.40. The molecule has 1 aromatic carbocycles. The van der Waals surface area contributed by atoms with Crippen LogP contribution in [0.5, 0.6) is 0 Å². The number of piperidine rings is 1. The molecule has 0 unspecified atom stereocenters. The fourth-order valence-electron chi connectivity index (χ4n) is 5.25. The number of sulfone groups is 1. The average Bonchev–Trinajstić information content (AvgIpc) is 3.64. The van der Waals surface area contributed by atoms with Gasteiger partial charge in [0.05, 0.1) is 15.1 Å². The van der Waals surface area contributed by atoms with Gasteiger partial charge in [-0.1, -0.05) is 30.1 Å². The molecule has 6 rings (SSSR count). The van der Waals surface area contributed by atoms with Crippen molar-refractivity contribution in [2.24, 2.45) is 0 Å². The third-order valence-electron chi connectivity index (χ3n) is 7.25. The van der Waals surface area contributed by atoms with Crippen molar-refractivity contribution in [3.05, 3.63) is 47.7 Å². The summed E-state index contributed by atoms with van der Waals surface area (Å²) in [4.78, 5) is 16.6. The lowest BCUT2D eigenvalue weighted by Gasteiger charge is -2.31. The number of fused-ring (bicyclic) bond motifs is 1. The molecule has 35 heavy (non-hydrogen) atoms. The van der Waals surface area contributed by atoms with Crippen molar-refractivity contribution >= 4 is 37.2 Å². The van der Waals surface area contributed by atoms with E-state index in [2.05, 4.69) is 25.4 Å². The van der Waals surface area contributed by atoms with E-state index in [9.17, 15) is 8.42 Å². The minimum absolute atomic E-state index is 0.290. The predicted molar refractivity (Wildman–Crippen MR) is 136 cm³/mol. The molecule has 0 amide bonds. The van der Waals surface area contributed by atoms with Crippen LogP contribution in [0, 0.1) is 0 Å². The first-order valence-electron chi connectivity index (χ1n) is 12.1. The minimum atomic E-state index is -3.22. The van der Waals surface area contributed by atoms with Crippen LogP contribution in [0.1, 0.15) is 62.1 Å².